The second kappa shape index (κ2) is 4.73. The summed E-state index contributed by atoms with van der Waals surface area (Å²) < 4.78 is 12.0. The molecule has 0 aliphatic rings. The number of aromatic nitrogens is 2. The molecular formula is C11H12N2O4. The van der Waals surface area contributed by atoms with Crippen molar-refractivity contribution in [1.29, 1.82) is 0 Å². The molecule has 2 heterocycles. The number of ether oxygens (including phenoxy) is 1. The summed E-state index contributed by atoms with van der Waals surface area (Å²) in [4.78, 5) is 10.8. The Balaban J connectivity index is 2.02. The molecule has 0 fully saturated rings. The Hall–Kier alpha value is -2.24. The third kappa shape index (κ3) is 2.47. The summed E-state index contributed by atoms with van der Waals surface area (Å²) in [5.41, 5.74) is 0.502. The number of aromatic carboxylic acids is 1. The SMILES string of the molecule is CCn1cc(OCc2ccoc2C(=O)O)cn1. The molecule has 1 N–H and O–H groups in total. The molecule has 2 aromatic rings. The van der Waals surface area contributed by atoms with Crippen molar-refractivity contribution in [2.24, 2.45) is 0 Å². The highest BCUT2D eigenvalue weighted by molar-refractivity contribution is 5.85. The molecule has 0 spiro atoms. The lowest BCUT2D eigenvalue weighted by atomic mass is 10.2. The molecule has 0 saturated heterocycles. The van der Waals surface area contributed by atoms with Crippen molar-refractivity contribution in [2.45, 2.75) is 20.1 Å². The minimum Gasteiger partial charge on any atom is -0.485 e. The van der Waals surface area contributed by atoms with Crippen LogP contribution in [0.1, 0.15) is 23.0 Å². The van der Waals surface area contributed by atoms with Crippen molar-refractivity contribution in [3.05, 3.63) is 36.0 Å². The lowest BCUT2D eigenvalue weighted by molar-refractivity contribution is 0.0658. The average molecular weight is 236 g/mol. The molecule has 6 heteroatoms. The Bertz CT molecular complexity index is 515. The van der Waals surface area contributed by atoms with Crippen molar-refractivity contribution >= 4 is 5.97 Å². The molecule has 0 aliphatic carbocycles. The van der Waals surface area contributed by atoms with Gasteiger partial charge in [0.25, 0.3) is 0 Å². The van der Waals surface area contributed by atoms with Gasteiger partial charge >= 0.3 is 5.97 Å². The molecule has 2 rings (SSSR count). The Morgan fingerprint density at radius 3 is 3.12 bits per heavy atom. The standard InChI is InChI=1S/C11H12N2O4/c1-2-13-6-9(5-12-13)17-7-8-3-4-16-10(8)11(14)15/h3-6H,2,7H2,1H3,(H,14,15). The van der Waals surface area contributed by atoms with E-state index in [0.717, 1.165) is 6.54 Å². The monoisotopic (exact) mass is 236 g/mol. The molecule has 0 atom stereocenters. The lowest BCUT2D eigenvalue weighted by Gasteiger charge is -2.01. The van der Waals surface area contributed by atoms with E-state index in [1.165, 1.54) is 6.26 Å². The summed E-state index contributed by atoms with van der Waals surface area (Å²) in [6.07, 6.45) is 4.67. The number of hydrogen-bond acceptors (Lipinski definition) is 4. The molecule has 0 unspecified atom stereocenters. The number of aryl methyl sites for hydroxylation is 1. The van der Waals surface area contributed by atoms with E-state index in [9.17, 15) is 4.79 Å². The van der Waals surface area contributed by atoms with Crippen molar-refractivity contribution in [1.82, 2.24) is 9.78 Å². The van der Waals surface area contributed by atoms with Crippen molar-refractivity contribution in [3.63, 3.8) is 0 Å². The van der Waals surface area contributed by atoms with E-state index in [1.54, 1.807) is 23.1 Å². The number of rotatable bonds is 5. The molecule has 0 saturated carbocycles. The summed E-state index contributed by atoms with van der Waals surface area (Å²) in [5, 5.41) is 12.9. The number of carboxylic acid groups (broad SMARTS) is 1. The molecule has 0 aromatic carbocycles. The van der Waals surface area contributed by atoms with Gasteiger partial charge in [-0.25, -0.2) is 4.79 Å². The van der Waals surface area contributed by atoms with Gasteiger partial charge in [0.2, 0.25) is 5.76 Å². The zero-order valence-electron chi connectivity index (χ0n) is 9.29. The fraction of sp³-hybridized carbons (Fsp3) is 0.273. The minimum atomic E-state index is -1.10. The molecular weight excluding hydrogens is 224 g/mol. The van der Waals surface area contributed by atoms with Crippen LogP contribution in [0.4, 0.5) is 0 Å². The highest BCUT2D eigenvalue weighted by atomic mass is 16.5. The third-order valence-corrected chi connectivity index (χ3v) is 2.27. The van der Waals surface area contributed by atoms with Gasteiger partial charge in [-0.2, -0.15) is 5.10 Å². The summed E-state index contributed by atoms with van der Waals surface area (Å²) in [6, 6.07) is 1.58. The first-order valence-corrected chi connectivity index (χ1v) is 5.15. The number of carbonyl (C=O) groups is 1. The minimum absolute atomic E-state index is 0.0899. The summed E-state index contributed by atoms with van der Waals surface area (Å²) in [7, 11) is 0. The van der Waals surface area contributed by atoms with Gasteiger partial charge in [0.15, 0.2) is 5.75 Å². The van der Waals surface area contributed by atoms with Crippen LogP contribution in [0.15, 0.2) is 29.1 Å². The van der Waals surface area contributed by atoms with Gasteiger partial charge in [-0.1, -0.05) is 0 Å². The maximum atomic E-state index is 10.8. The van der Waals surface area contributed by atoms with Gasteiger partial charge in [-0.15, -0.1) is 0 Å². The van der Waals surface area contributed by atoms with E-state index in [0.29, 0.717) is 11.3 Å². The van der Waals surface area contributed by atoms with Crippen LogP contribution in [-0.4, -0.2) is 20.9 Å². The number of furan rings is 1. The van der Waals surface area contributed by atoms with Gasteiger partial charge in [-0.05, 0) is 13.0 Å². The molecule has 90 valence electrons. The molecule has 0 radical (unpaired) electrons. The van der Waals surface area contributed by atoms with Crippen LogP contribution in [0.3, 0.4) is 0 Å². The van der Waals surface area contributed by atoms with E-state index >= 15 is 0 Å². The molecule has 17 heavy (non-hydrogen) atoms. The largest absolute Gasteiger partial charge is 0.485 e. The second-order valence-corrected chi connectivity index (χ2v) is 3.40. The Morgan fingerprint density at radius 2 is 2.47 bits per heavy atom. The number of nitrogens with zero attached hydrogens (tertiary/aromatic N) is 2. The maximum absolute atomic E-state index is 10.8. The molecule has 0 amide bonds. The second-order valence-electron chi connectivity index (χ2n) is 3.40. The van der Waals surface area contributed by atoms with Crippen molar-refractivity contribution < 1.29 is 19.1 Å². The van der Waals surface area contributed by atoms with Gasteiger partial charge in [0, 0.05) is 12.1 Å². The number of carboxylic acids is 1. The average Bonchev–Trinajstić information content (AvgIpc) is 2.95. The Kier molecular flexibility index (Phi) is 3.13. The van der Waals surface area contributed by atoms with E-state index in [1.807, 2.05) is 6.92 Å². The molecule has 6 nitrogen and oxygen atoms in total. The molecule has 0 aliphatic heterocycles. The quantitative estimate of drug-likeness (QED) is 0.856. The van der Waals surface area contributed by atoms with Gasteiger partial charge in [-0.3, -0.25) is 4.68 Å². The molecule has 2 aromatic heterocycles. The van der Waals surface area contributed by atoms with Crippen LogP contribution in [0.2, 0.25) is 0 Å². The topological polar surface area (TPSA) is 77.5 Å². The van der Waals surface area contributed by atoms with Crippen LogP contribution in [0.25, 0.3) is 0 Å². The normalized spacial score (nSPS) is 10.4. The summed E-state index contributed by atoms with van der Waals surface area (Å²) >= 11 is 0. The molecule has 0 bridgehead atoms. The Morgan fingerprint density at radius 1 is 1.65 bits per heavy atom. The Labute approximate surface area is 97.4 Å². The van der Waals surface area contributed by atoms with Crippen molar-refractivity contribution in [3.8, 4) is 5.75 Å². The fourth-order valence-corrected chi connectivity index (χ4v) is 1.39. The maximum Gasteiger partial charge on any atom is 0.372 e. The highest BCUT2D eigenvalue weighted by Gasteiger charge is 2.14. The highest BCUT2D eigenvalue weighted by Crippen LogP contribution is 2.15. The van der Waals surface area contributed by atoms with Gasteiger partial charge in [0.1, 0.15) is 6.61 Å². The van der Waals surface area contributed by atoms with E-state index in [2.05, 4.69) is 5.10 Å². The van der Waals surface area contributed by atoms with Crippen LogP contribution in [-0.2, 0) is 13.2 Å². The number of hydrogen-bond donors (Lipinski definition) is 1. The van der Waals surface area contributed by atoms with Crippen LogP contribution in [0.5, 0.6) is 5.75 Å². The zero-order valence-corrected chi connectivity index (χ0v) is 9.29. The van der Waals surface area contributed by atoms with Crippen LogP contribution in [0, 0.1) is 0 Å². The van der Waals surface area contributed by atoms with Crippen LogP contribution >= 0.6 is 0 Å². The zero-order chi connectivity index (χ0) is 12.3. The fourth-order valence-electron chi connectivity index (χ4n) is 1.39. The van der Waals surface area contributed by atoms with Gasteiger partial charge < -0.3 is 14.3 Å². The van der Waals surface area contributed by atoms with Crippen LogP contribution < -0.4 is 4.74 Å². The first-order chi connectivity index (χ1) is 8.20. The third-order valence-electron chi connectivity index (χ3n) is 2.27. The summed E-state index contributed by atoms with van der Waals surface area (Å²) in [5.74, 6) is -0.588. The van der Waals surface area contributed by atoms with E-state index < -0.39 is 5.97 Å². The van der Waals surface area contributed by atoms with Crippen molar-refractivity contribution in [2.75, 3.05) is 0 Å². The lowest BCUT2D eigenvalue weighted by Crippen LogP contribution is -2.02. The summed E-state index contributed by atoms with van der Waals surface area (Å²) in [6.45, 7) is 2.87. The first-order valence-electron chi connectivity index (χ1n) is 5.15. The smallest absolute Gasteiger partial charge is 0.372 e. The predicted octanol–water partition coefficient (Wildman–Crippen LogP) is 1.77. The van der Waals surface area contributed by atoms with E-state index in [-0.39, 0.29) is 12.4 Å². The van der Waals surface area contributed by atoms with Gasteiger partial charge in [0.05, 0.1) is 18.7 Å². The van der Waals surface area contributed by atoms with E-state index in [4.69, 9.17) is 14.3 Å². The first kappa shape index (κ1) is 11.3. The predicted molar refractivity (Wildman–Crippen MR) is 57.9 cm³/mol.